The summed E-state index contributed by atoms with van der Waals surface area (Å²) in [5.74, 6) is 0.805. The lowest BCUT2D eigenvalue weighted by atomic mass is 10.2. The van der Waals surface area contributed by atoms with Gasteiger partial charge in [-0.1, -0.05) is 13.8 Å². The highest BCUT2D eigenvalue weighted by atomic mass is 16.5. The minimum atomic E-state index is 0.187. The molecule has 17 heavy (non-hydrogen) atoms. The van der Waals surface area contributed by atoms with E-state index in [1.165, 1.54) is 0 Å². The van der Waals surface area contributed by atoms with E-state index in [4.69, 9.17) is 4.74 Å². The topological polar surface area (TPSA) is 47.3 Å². The number of hydrogen-bond donors (Lipinski definition) is 1. The van der Waals surface area contributed by atoms with E-state index in [1.807, 2.05) is 31.5 Å². The highest BCUT2D eigenvalue weighted by Gasteiger charge is 2.06. The van der Waals surface area contributed by atoms with E-state index in [1.54, 1.807) is 31.6 Å². The maximum Gasteiger partial charge on any atom is 0.146 e. The molecule has 0 saturated carbocycles. The lowest BCUT2D eigenvalue weighted by molar-refractivity contribution is 0.406. The fourth-order valence-corrected chi connectivity index (χ4v) is 1.43. The number of rotatable bonds is 2. The van der Waals surface area contributed by atoms with E-state index >= 15 is 0 Å². The van der Waals surface area contributed by atoms with Gasteiger partial charge in [-0.15, -0.1) is 0 Å². The first kappa shape index (κ1) is 13.1. The molecule has 1 heterocycles. The van der Waals surface area contributed by atoms with Crippen LogP contribution in [0.5, 0.6) is 11.5 Å². The molecule has 0 saturated heterocycles. The number of methoxy groups -OCH3 is 1. The van der Waals surface area contributed by atoms with Gasteiger partial charge in [-0.05, 0) is 19.1 Å². The predicted octanol–water partition coefficient (Wildman–Crippen LogP) is 2.92. The maximum atomic E-state index is 9.32. The van der Waals surface area contributed by atoms with E-state index in [2.05, 4.69) is 4.98 Å². The highest BCUT2D eigenvalue weighted by molar-refractivity contribution is 5.50. The zero-order valence-electron chi connectivity index (χ0n) is 10.6. The van der Waals surface area contributed by atoms with E-state index in [0.29, 0.717) is 5.75 Å². The lowest BCUT2D eigenvalue weighted by Gasteiger charge is -2.08. The molecular weight excluding hydrogens is 216 g/mol. The summed E-state index contributed by atoms with van der Waals surface area (Å²) >= 11 is 0. The normalized spacial score (nSPS) is 9.41. The van der Waals surface area contributed by atoms with Gasteiger partial charge in [0.25, 0.3) is 0 Å². The van der Waals surface area contributed by atoms with Gasteiger partial charge >= 0.3 is 0 Å². The second-order valence-corrected chi connectivity index (χ2v) is 3.28. The van der Waals surface area contributed by atoms with Gasteiger partial charge in [0.15, 0.2) is 0 Å². The van der Waals surface area contributed by atoms with Crippen LogP contribution in [0.25, 0.3) is 5.69 Å². The Balaban J connectivity index is 0.000000686. The fourth-order valence-electron chi connectivity index (χ4n) is 1.43. The summed E-state index contributed by atoms with van der Waals surface area (Å²) in [6.45, 7) is 5.92. The Hall–Kier alpha value is -1.97. The van der Waals surface area contributed by atoms with Crippen molar-refractivity contribution in [2.45, 2.75) is 20.8 Å². The van der Waals surface area contributed by atoms with Crippen LogP contribution >= 0.6 is 0 Å². The molecule has 92 valence electrons. The number of nitrogens with zero attached hydrogens (tertiary/aromatic N) is 2. The third kappa shape index (κ3) is 3.00. The molecule has 0 amide bonds. The molecule has 1 aromatic heterocycles. The van der Waals surface area contributed by atoms with Gasteiger partial charge in [-0.2, -0.15) is 0 Å². The quantitative estimate of drug-likeness (QED) is 0.869. The Kier molecular flexibility index (Phi) is 4.57. The average molecular weight is 234 g/mol. The molecule has 0 aliphatic rings. The van der Waals surface area contributed by atoms with E-state index in [9.17, 15) is 5.11 Å². The number of hydrogen-bond acceptors (Lipinski definition) is 3. The van der Waals surface area contributed by atoms with Crippen LogP contribution in [0, 0.1) is 6.92 Å². The van der Waals surface area contributed by atoms with Gasteiger partial charge < -0.3 is 14.4 Å². The summed E-state index contributed by atoms with van der Waals surface area (Å²) in [5.41, 5.74) is 1.79. The van der Waals surface area contributed by atoms with Crippen LogP contribution in [0.4, 0.5) is 0 Å². The summed E-state index contributed by atoms with van der Waals surface area (Å²) in [5, 5.41) is 9.32. The molecule has 0 unspecified atom stereocenters. The number of phenolic OH excluding ortho intramolecular Hbond substituents is 1. The Labute approximate surface area is 102 Å². The second-order valence-electron chi connectivity index (χ2n) is 3.28. The smallest absolute Gasteiger partial charge is 0.146 e. The largest absolute Gasteiger partial charge is 0.508 e. The predicted molar refractivity (Wildman–Crippen MR) is 67.9 cm³/mol. The summed E-state index contributed by atoms with van der Waals surface area (Å²) in [6, 6.07) is 4.98. The van der Waals surface area contributed by atoms with Gasteiger partial charge in [0.05, 0.1) is 24.8 Å². The molecule has 2 rings (SSSR count). The van der Waals surface area contributed by atoms with E-state index in [-0.39, 0.29) is 5.75 Å². The number of aromatic hydroxyl groups is 1. The van der Waals surface area contributed by atoms with Gasteiger partial charge in [-0.25, -0.2) is 4.98 Å². The molecule has 0 fully saturated rings. The van der Waals surface area contributed by atoms with Crippen LogP contribution < -0.4 is 4.74 Å². The minimum Gasteiger partial charge on any atom is -0.508 e. The minimum absolute atomic E-state index is 0.187. The number of aryl methyl sites for hydroxylation is 1. The SMILES string of the molecule is CC.COc1cc(O)ccc1-n1cnc(C)c1. The number of phenols is 1. The van der Waals surface area contributed by atoms with Crippen LogP contribution in [0.1, 0.15) is 19.5 Å². The van der Waals surface area contributed by atoms with E-state index < -0.39 is 0 Å². The second kappa shape index (κ2) is 5.94. The zero-order valence-corrected chi connectivity index (χ0v) is 10.6. The first-order chi connectivity index (χ1) is 8.20. The van der Waals surface area contributed by atoms with Crippen LogP contribution in [0.3, 0.4) is 0 Å². The molecule has 4 nitrogen and oxygen atoms in total. The summed E-state index contributed by atoms with van der Waals surface area (Å²) < 4.78 is 7.04. The molecule has 0 spiro atoms. The van der Waals surface area contributed by atoms with Crippen molar-refractivity contribution in [1.29, 1.82) is 0 Å². The van der Waals surface area contributed by atoms with Crippen molar-refractivity contribution in [1.82, 2.24) is 9.55 Å². The Morgan fingerprint density at radius 1 is 1.29 bits per heavy atom. The van der Waals surface area contributed by atoms with Gasteiger partial charge in [-0.3, -0.25) is 0 Å². The van der Waals surface area contributed by atoms with Crippen molar-refractivity contribution in [2.24, 2.45) is 0 Å². The lowest BCUT2D eigenvalue weighted by Crippen LogP contribution is -1.94. The fraction of sp³-hybridized carbons (Fsp3) is 0.308. The van der Waals surface area contributed by atoms with Gasteiger partial charge in [0, 0.05) is 12.3 Å². The van der Waals surface area contributed by atoms with Crippen LogP contribution in [-0.2, 0) is 0 Å². The van der Waals surface area contributed by atoms with Crippen LogP contribution in [-0.4, -0.2) is 21.8 Å². The molecular formula is C13H18N2O2. The van der Waals surface area contributed by atoms with Gasteiger partial charge in [0.1, 0.15) is 11.5 Å². The summed E-state index contributed by atoms with van der Waals surface area (Å²) in [7, 11) is 1.57. The number of ether oxygens (including phenoxy) is 1. The first-order valence-electron chi connectivity index (χ1n) is 5.58. The van der Waals surface area contributed by atoms with E-state index in [0.717, 1.165) is 11.4 Å². The third-order valence-electron chi connectivity index (χ3n) is 2.15. The van der Waals surface area contributed by atoms with Gasteiger partial charge in [0.2, 0.25) is 0 Å². The standard InChI is InChI=1S/C11H12N2O2.C2H6/c1-8-6-13(7-12-8)10-4-3-9(14)5-11(10)15-2;1-2/h3-7,14H,1-2H3;1-2H3. The Bertz CT molecular complexity index is 478. The monoisotopic (exact) mass is 234 g/mol. The maximum absolute atomic E-state index is 9.32. The Morgan fingerprint density at radius 3 is 2.53 bits per heavy atom. The van der Waals surface area contributed by atoms with Crippen molar-refractivity contribution in [3.8, 4) is 17.2 Å². The van der Waals surface area contributed by atoms with Crippen molar-refractivity contribution in [2.75, 3.05) is 7.11 Å². The molecule has 4 heteroatoms. The Morgan fingerprint density at radius 2 is 2.00 bits per heavy atom. The van der Waals surface area contributed by atoms with Crippen LogP contribution in [0.15, 0.2) is 30.7 Å². The van der Waals surface area contributed by atoms with Crippen molar-refractivity contribution in [3.63, 3.8) is 0 Å². The van der Waals surface area contributed by atoms with Crippen molar-refractivity contribution < 1.29 is 9.84 Å². The number of benzene rings is 1. The average Bonchev–Trinajstić information content (AvgIpc) is 2.78. The molecule has 1 N–H and O–H groups in total. The van der Waals surface area contributed by atoms with Crippen molar-refractivity contribution in [3.05, 3.63) is 36.4 Å². The summed E-state index contributed by atoms with van der Waals surface area (Å²) in [6.07, 6.45) is 3.61. The van der Waals surface area contributed by atoms with Crippen molar-refractivity contribution >= 4 is 0 Å². The molecule has 2 aromatic rings. The number of imidazole rings is 1. The molecule has 0 atom stereocenters. The highest BCUT2D eigenvalue weighted by Crippen LogP contribution is 2.26. The molecule has 0 aliphatic carbocycles. The molecule has 0 radical (unpaired) electrons. The molecule has 1 aromatic carbocycles. The summed E-state index contributed by atoms with van der Waals surface area (Å²) in [4.78, 5) is 4.14. The molecule has 0 bridgehead atoms. The van der Waals surface area contributed by atoms with Crippen LogP contribution in [0.2, 0.25) is 0 Å². The number of aromatic nitrogens is 2. The zero-order chi connectivity index (χ0) is 12.8. The third-order valence-corrected chi connectivity index (χ3v) is 2.15. The first-order valence-corrected chi connectivity index (χ1v) is 5.58. The molecule has 0 aliphatic heterocycles.